The van der Waals surface area contributed by atoms with Crippen molar-refractivity contribution in [2.45, 2.75) is 0 Å². The Hall–Kier alpha value is -1.52. The van der Waals surface area contributed by atoms with Crippen LogP contribution in [0.2, 0.25) is 0 Å². The number of hydrogen-bond donors (Lipinski definition) is 1. The van der Waals surface area contributed by atoms with Gasteiger partial charge in [-0.2, -0.15) is 0 Å². The van der Waals surface area contributed by atoms with E-state index in [1.54, 1.807) is 6.07 Å². The van der Waals surface area contributed by atoms with E-state index in [4.69, 9.17) is 15.2 Å². The lowest BCUT2D eigenvalue weighted by molar-refractivity contribution is 0.273. The van der Waals surface area contributed by atoms with Crippen LogP contribution in [0.3, 0.4) is 0 Å². The van der Waals surface area contributed by atoms with Gasteiger partial charge in [0.15, 0.2) is 0 Å². The van der Waals surface area contributed by atoms with Crippen molar-refractivity contribution < 1.29 is 13.9 Å². The molecule has 0 bridgehead atoms. The molecule has 0 fully saturated rings. The van der Waals surface area contributed by atoms with E-state index in [2.05, 4.69) is 4.98 Å². The predicted octanol–water partition coefficient (Wildman–Crippen LogP) is 1.02. The van der Waals surface area contributed by atoms with Gasteiger partial charge >= 0.3 is 0 Å². The molecule has 0 aliphatic rings. The molecule has 13 heavy (non-hydrogen) atoms. The third kappa shape index (κ3) is 2.21. The van der Waals surface area contributed by atoms with Gasteiger partial charge in [0.05, 0.1) is 7.11 Å². The highest BCUT2D eigenvalue weighted by molar-refractivity contribution is 5.59. The standard InChI is InChI=1S/C8H11FN2O2/c1-12-8-7(10)6(2-4-11-8)13-5-3-9/h2,4H,3,5,10H2,1H3. The summed E-state index contributed by atoms with van der Waals surface area (Å²) in [6, 6.07) is 1.56. The number of ether oxygens (including phenoxy) is 2. The Morgan fingerprint density at radius 3 is 3.00 bits per heavy atom. The van der Waals surface area contributed by atoms with Gasteiger partial charge in [0.1, 0.15) is 24.7 Å². The normalized spacial score (nSPS) is 9.69. The van der Waals surface area contributed by atoms with E-state index in [9.17, 15) is 4.39 Å². The molecule has 2 N–H and O–H groups in total. The lowest BCUT2D eigenvalue weighted by Gasteiger charge is -2.08. The van der Waals surface area contributed by atoms with Crippen molar-refractivity contribution in [1.29, 1.82) is 0 Å². The number of halogens is 1. The summed E-state index contributed by atoms with van der Waals surface area (Å²) in [5, 5.41) is 0. The van der Waals surface area contributed by atoms with E-state index < -0.39 is 6.67 Å². The van der Waals surface area contributed by atoms with Gasteiger partial charge in [-0.15, -0.1) is 0 Å². The number of methoxy groups -OCH3 is 1. The molecule has 0 aliphatic carbocycles. The fourth-order valence-corrected chi connectivity index (χ4v) is 0.874. The second-order valence-corrected chi connectivity index (χ2v) is 2.27. The third-order valence-electron chi connectivity index (χ3n) is 1.44. The molecule has 4 nitrogen and oxygen atoms in total. The quantitative estimate of drug-likeness (QED) is 0.762. The van der Waals surface area contributed by atoms with Gasteiger partial charge in [0.25, 0.3) is 0 Å². The van der Waals surface area contributed by atoms with Crippen molar-refractivity contribution >= 4 is 5.69 Å². The van der Waals surface area contributed by atoms with Crippen LogP contribution in [0.4, 0.5) is 10.1 Å². The largest absolute Gasteiger partial charge is 0.488 e. The van der Waals surface area contributed by atoms with Gasteiger partial charge in [-0.05, 0) is 0 Å². The number of pyridine rings is 1. The molecule has 0 spiro atoms. The summed E-state index contributed by atoms with van der Waals surface area (Å²) in [6.45, 7) is -0.568. The Morgan fingerprint density at radius 1 is 1.62 bits per heavy atom. The number of anilines is 1. The molecule has 5 heteroatoms. The molecule has 0 amide bonds. The lowest BCUT2D eigenvalue weighted by Crippen LogP contribution is -2.03. The monoisotopic (exact) mass is 186 g/mol. The number of nitrogens with two attached hydrogens (primary N) is 1. The summed E-state index contributed by atoms with van der Waals surface area (Å²) in [5.74, 6) is 0.681. The van der Waals surface area contributed by atoms with Gasteiger partial charge < -0.3 is 15.2 Å². The Balaban J connectivity index is 2.81. The minimum Gasteiger partial charge on any atom is -0.488 e. The van der Waals surface area contributed by atoms with Gasteiger partial charge in [0.2, 0.25) is 5.88 Å². The van der Waals surface area contributed by atoms with Crippen LogP contribution in [0.25, 0.3) is 0 Å². The second-order valence-electron chi connectivity index (χ2n) is 2.27. The summed E-state index contributed by atoms with van der Waals surface area (Å²) in [4.78, 5) is 3.84. The molecular weight excluding hydrogens is 175 g/mol. The van der Waals surface area contributed by atoms with Crippen LogP contribution in [0.1, 0.15) is 0 Å². The molecule has 0 unspecified atom stereocenters. The van der Waals surface area contributed by atoms with Crippen molar-refractivity contribution in [3.8, 4) is 11.6 Å². The van der Waals surface area contributed by atoms with Gasteiger partial charge in [-0.3, -0.25) is 0 Å². The van der Waals surface area contributed by atoms with Crippen LogP contribution in [0, 0.1) is 0 Å². The van der Waals surface area contributed by atoms with Gasteiger partial charge in [0, 0.05) is 12.3 Å². The van der Waals surface area contributed by atoms with E-state index in [0.29, 0.717) is 11.4 Å². The van der Waals surface area contributed by atoms with Crippen LogP contribution in [-0.2, 0) is 0 Å². The van der Waals surface area contributed by atoms with Crippen LogP contribution >= 0.6 is 0 Å². The first-order valence-corrected chi connectivity index (χ1v) is 3.76. The van der Waals surface area contributed by atoms with Crippen LogP contribution in [0.15, 0.2) is 12.3 Å². The van der Waals surface area contributed by atoms with E-state index in [1.165, 1.54) is 13.3 Å². The maximum absolute atomic E-state index is 11.8. The zero-order valence-electron chi connectivity index (χ0n) is 7.29. The molecule has 72 valence electrons. The zero-order valence-corrected chi connectivity index (χ0v) is 7.29. The molecule has 0 saturated heterocycles. The Bertz CT molecular complexity index is 281. The molecule has 1 aromatic heterocycles. The molecular formula is C8H11FN2O2. The maximum atomic E-state index is 11.8. The smallest absolute Gasteiger partial charge is 0.240 e. The third-order valence-corrected chi connectivity index (χ3v) is 1.44. The molecule has 0 aliphatic heterocycles. The first-order chi connectivity index (χ1) is 6.29. The number of aromatic nitrogens is 1. The second kappa shape index (κ2) is 4.49. The van der Waals surface area contributed by atoms with E-state index in [-0.39, 0.29) is 12.5 Å². The number of alkyl halides is 1. The van der Waals surface area contributed by atoms with Crippen LogP contribution in [0.5, 0.6) is 11.6 Å². The average molecular weight is 186 g/mol. The Labute approximate surface area is 75.5 Å². The molecule has 1 rings (SSSR count). The predicted molar refractivity (Wildman–Crippen MR) is 46.7 cm³/mol. The Morgan fingerprint density at radius 2 is 2.38 bits per heavy atom. The molecule has 0 saturated carbocycles. The highest BCUT2D eigenvalue weighted by atomic mass is 19.1. The minimum atomic E-state index is -0.552. The minimum absolute atomic E-state index is 0.0165. The summed E-state index contributed by atoms with van der Waals surface area (Å²) < 4.78 is 21.6. The van der Waals surface area contributed by atoms with Crippen molar-refractivity contribution in [1.82, 2.24) is 4.98 Å². The molecule has 0 radical (unpaired) electrons. The van der Waals surface area contributed by atoms with Crippen LogP contribution < -0.4 is 15.2 Å². The van der Waals surface area contributed by atoms with Crippen molar-refractivity contribution in [2.75, 3.05) is 26.1 Å². The number of nitrogen functional groups attached to an aromatic ring is 1. The first-order valence-electron chi connectivity index (χ1n) is 3.76. The van der Waals surface area contributed by atoms with Gasteiger partial charge in [-0.1, -0.05) is 0 Å². The number of hydrogen-bond acceptors (Lipinski definition) is 4. The Kier molecular flexibility index (Phi) is 3.31. The average Bonchev–Trinajstić information content (AvgIpc) is 2.16. The topological polar surface area (TPSA) is 57.4 Å². The summed E-state index contributed by atoms with van der Waals surface area (Å²) in [7, 11) is 1.46. The van der Waals surface area contributed by atoms with E-state index in [1.807, 2.05) is 0 Å². The summed E-state index contributed by atoms with van der Waals surface area (Å²) >= 11 is 0. The van der Waals surface area contributed by atoms with Crippen molar-refractivity contribution in [3.05, 3.63) is 12.3 Å². The first kappa shape index (κ1) is 9.57. The highest BCUT2D eigenvalue weighted by Crippen LogP contribution is 2.28. The highest BCUT2D eigenvalue weighted by Gasteiger charge is 2.06. The van der Waals surface area contributed by atoms with E-state index in [0.717, 1.165) is 0 Å². The fourth-order valence-electron chi connectivity index (χ4n) is 0.874. The fraction of sp³-hybridized carbons (Fsp3) is 0.375. The zero-order chi connectivity index (χ0) is 9.68. The summed E-state index contributed by atoms with van der Waals surface area (Å²) in [5.41, 5.74) is 5.89. The van der Waals surface area contributed by atoms with Crippen molar-refractivity contribution in [2.24, 2.45) is 0 Å². The molecule has 1 heterocycles. The van der Waals surface area contributed by atoms with E-state index >= 15 is 0 Å². The van der Waals surface area contributed by atoms with Crippen LogP contribution in [-0.4, -0.2) is 25.4 Å². The van der Waals surface area contributed by atoms with Gasteiger partial charge in [-0.25, -0.2) is 9.37 Å². The lowest BCUT2D eigenvalue weighted by atomic mass is 10.4. The summed E-state index contributed by atoms with van der Waals surface area (Å²) in [6.07, 6.45) is 1.49. The van der Waals surface area contributed by atoms with Crippen molar-refractivity contribution in [3.63, 3.8) is 0 Å². The number of rotatable bonds is 4. The molecule has 0 aromatic carbocycles. The maximum Gasteiger partial charge on any atom is 0.240 e. The SMILES string of the molecule is COc1nccc(OCCF)c1N. The molecule has 1 aromatic rings. The molecule has 0 atom stereocenters. The number of nitrogens with zero attached hydrogens (tertiary/aromatic N) is 1.